The standard InChI is InChI=1S/C20H19F3O/c1-15(20(21,22)23)13-18(17-11-7-4-8-12-17)19(24-2)14-16-9-5-3-6-10-16/h3-5,7-9,11-14H,1,6,10H2,2H3/b18-13-,19-14-. The predicted octanol–water partition coefficient (Wildman–Crippen LogP) is 6.00. The lowest BCUT2D eigenvalue weighted by Crippen LogP contribution is -2.09. The molecule has 0 radical (unpaired) electrons. The number of alkyl halides is 3. The van der Waals surface area contributed by atoms with E-state index in [9.17, 15) is 13.2 Å². The quantitative estimate of drug-likeness (QED) is 0.475. The fourth-order valence-corrected chi connectivity index (χ4v) is 2.33. The van der Waals surface area contributed by atoms with Gasteiger partial charge in [0.05, 0.1) is 7.11 Å². The van der Waals surface area contributed by atoms with Crippen molar-refractivity contribution in [3.8, 4) is 0 Å². The number of rotatable bonds is 5. The van der Waals surface area contributed by atoms with Gasteiger partial charge >= 0.3 is 6.18 Å². The number of ether oxygens (including phenoxy) is 1. The molecular weight excluding hydrogens is 313 g/mol. The molecule has 0 unspecified atom stereocenters. The molecule has 24 heavy (non-hydrogen) atoms. The predicted molar refractivity (Wildman–Crippen MR) is 91.2 cm³/mol. The molecule has 0 saturated carbocycles. The van der Waals surface area contributed by atoms with E-state index >= 15 is 0 Å². The van der Waals surface area contributed by atoms with Crippen molar-refractivity contribution in [2.45, 2.75) is 19.0 Å². The van der Waals surface area contributed by atoms with E-state index in [1.165, 1.54) is 7.11 Å². The first-order chi connectivity index (χ1) is 11.4. The summed E-state index contributed by atoms with van der Waals surface area (Å²) < 4.78 is 44.2. The van der Waals surface area contributed by atoms with Gasteiger partial charge in [-0.2, -0.15) is 13.2 Å². The first-order valence-corrected chi connectivity index (χ1v) is 7.57. The first kappa shape index (κ1) is 17.9. The molecule has 1 nitrogen and oxygen atoms in total. The minimum absolute atomic E-state index is 0.357. The molecule has 0 bridgehead atoms. The maximum Gasteiger partial charge on any atom is 0.415 e. The molecule has 0 amide bonds. The highest BCUT2D eigenvalue weighted by molar-refractivity contribution is 5.79. The van der Waals surface area contributed by atoms with Crippen LogP contribution >= 0.6 is 0 Å². The summed E-state index contributed by atoms with van der Waals surface area (Å²) in [5.74, 6) is 0.383. The number of hydrogen-bond donors (Lipinski definition) is 0. The second kappa shape index (κ2) is 7.86. The van der Waals surface area contributed by atoms with Gasteiger partial charge in [0.25, 0.3) is 0 Å². The van der Waals surface area contributed by atoms with Crippen molar-refractivity contribution >= 4 is 5.57 Å². The van der Waals surface area contributed by atoms with E-state index < -0.39 is 11.7 Å². The molecule has 0 spiro atoms. The molecule has 0 aliphatic heterocycles. The Hall–Kier alpha value is -2.49. The van der Waals surface area contributed by atoms with E-state index in [4.69, 9.17) is 4.74 Å². The number of benzene rings is 1. The van der Waals surface area contributed by atoms with Crippen LogP contribution in [0.3, 0.4) is 0 Å². The Morgan fingerprint density at radius 2 is 1.92 bits per heavy atom. The topological polar surface area (TPSA) is 9.23 Å². The van der Waals surface area contributed by atoms with Crippen molar-refractivity contribution in [2.24, 2.45) is 0 Å². The Balaban J connectivity index is 2.50. The summed E-state index contributed by atoms with van der Waals surface area (Å²) in [5.41, 5.74) is 1.09. The maximum atomic E-state index is 12.9. The van der Waals surface area contributed by atoms with Crippen LogP contribution in [0.5, 0.6) is 0 Å². The van der Waals surface area contributed by atoms with E-state index in [-0.39, 0.29) is 0 Å². The molecule has 126 valence electrons. The average molecular weight is 332 g/mol. The minimum Gasteiger partial charge on any atom is -0.496 e. The van der Waals surface area contributed by atoms with Gasteiger partial charge in [0.2, 0.25) is 0 Å². The summed E-state index contributed by atoms with van der Waals surface area (Å²) in [7, 11) is 1.46. The second-order valence-corrected chi connectivity index (χ2v) is 5.37. The van der Waals surface area contributed by atoms with Crippen LogP contribution in [0.4, 0.5) is 13.2 Å². The summed E-state index contributed by atoms with van der Waals surface area (Å²) in [6, 6.07) is 8.85. The van der Waals surface area contributed by atoms with Crippen molar-refractivity contribution in [3.63, 3.8) is 0 Å². The molecule has 0 fully saturated rings. The molecule has 1 aliphatic carbocycles. The lowest BCUT2D eigenvalue weighted by Gasteiger charge is -2.15. The minimum atomic E-state index is -4.48. The van der Waals surface area contributed by atoms with Gasteiger partial charge in [0.1, 0.15) is 5.76 Å². The number of halogens is 3. The molecule has 0 N–H and O–H groups in total. The fraction of sp³-hybridized carbons (Fsp3) is 0.200. The Kier molecular flexibility index (Phi) is 5.85. The van der Waals surface area contributed by atoms with E-state index in [1.54, 1.807) is 30.3 Å². The highest BCUT2D eigenvalue weighted by Crippen LogP contribution is 2.32. The number of hydrogen-bond acceptors (Lipinski definition) is 1. The number of methoxy groups -OCH3 is 1. The van der Waals surface area contributed by atoms with Crippen LogP contribution in [0.2, 0.25) is 0 Å². The van der Waals surface area contributed by atoms with Crippen molar-refractivity contribution in [2.75, 3.05) is 7.11 Å². The van der Waals surface area contributed by atoms with Gasteiger partial charge in [-0.25, -0.2) is 0 Å². The maximum absolute atomic E-state index is 12.9. The van der Waals surface area contributed by atoms with Crippen LogP contribution in [0.1, 0.15) is 18.4 Å². The molecule has 0 atom stereocenters. The SMILES string of the molecule is C=C(/C=C(\C(=C\C1=CC=CCC1)OC)c1ccccc1)C(F)(F)F. The van der Waals surface area contributed by atoms with Gasteiger partial charge in [-0.1, -0.05) is 55.1 Å². The van der Waals surface area contributed by atoms with Crippen molar-refractivity contribution in [3.05, 3.63) is 89.8 Å². The Morgan fingerprint density at radius 1 is 1.21 bits per heavy atom. The highest BCUT2D eigenvalue weighted by atomic mass is 19.4. The van der Waals surface area contributed by atoms with Crippen LogP contribution in [-0.4, -0.2) is 13.3 Å². The summed E-state index contributed by atoms with van der Waals surface area (Å²) in [4.78, 5) is 0. The van der Waals surface area contributed by atoms with Gasteiger partial charge in [-0.05, 0) is 36.1 Å². The van der Waals surface area contributed by atoms with E-state index in [0.717, 1.165) is 24.5 Å². The zero-order valence-corrected chi connectivity index (χ0v) is 13.4. The van der Waals surface area contributed by atoms with Gasteiger partial charge in [-0.15, -0.1) is 0 Å². The molecule has 1 aliphatic rings. The number of allylic oxidation sites excluding steroid dienone is 8. The fourth-order valence-electron chi connectivity index (χ4n) is 2.33. The van der Waals surface area contributed by atoms with Gasteiger partial charge < -0.3 is 4.74 Å². The summed E-state index contributed by atoms with van der Waals surface area (Å²) >= 11 is 0. The Bertz CT molecular complexity index is 704. The van der Waals surface area contributed by atoms with Gasteiger partial charge in [0, 0.05) is 11.1 Å². The second-order valence-electron chi connectivity index (χ2n) is 5.37. The zero-order chi connectivity index (χ0) is 17.6. The molecule has 0 saturated heterocycles. The molecule has 1 aromatic rings. The molecule has 0 aromatic heterocycles. The smallest absolute Gasteiger partial charge is 0.415 e. The Morgan fingerprint density at radius 3 is 2.46 bits per heavy atom. The third kappa shape index (κ3) is 4.75. The van der Waals surface area contributed by atoms with Crippen molar-refractivity contribution in [1.82, 2.24) is 0 Å². The normalized spacial score (nSPS) is 15.9. The molecule has 4 heteroatoms. The molecule has 1 aromatic carbocycles. The summed E-state index contributed by atoms with van der Waals surface area (Å²) in [6.45, 7) is 3.14. The first-order valence-electron chi connectivity index (χ1n) is 7.57. The zero-order valence-electron chi connectivity index (χ0n) is 13.4. The molecule has 2 rings (SSSR count). The van der Waals surface area contributed by atoms with Gasteiger partial charge in [0.15, 0.2) is 0 Å². The van der Waals surface area contributed by atoms with Crippen LogP contribution in [0.25, 0.3) is 5.57 Å². The lowest BCUT2D eigenvalue weighted by molar-refractivity contribution is -0.0877. The Labute approximate surface area is 140 Å². The third-order valence-electron chi connectivity index (χ3n) is 3.62. The van der Waals surface area contributed by atoms with Crippen LogP contribution in [0.15, 0.2) is 84.2 Å². The van der Waals surface area contributed by atoms with E-state index in [2.05, 4.69) is 6.58 Å². The van der Waals surface area contributed by atoms with Crippen molar-refractivity contribution < 1.29 is 17.9 Å². The van der Waals surface area contributed by atoms with Crippen LogP contribution in [-0.2, 0) is 4.74 Å². The average Bonchev–Trinajstić information content (AvgIpc) is 2.58. The monoisotopic (exact) mass is 332 g/mol. The third-order valence-corrected chi connectivity index (χ3v) is 3.62. The highest BCUT2D eigenvalue weighted by Gasteiger charge is 2.31. The summed E-state index contributed by atoms with van der Waals surface area (Å²) in [6.07, 6.45) is 5.97. The van der Waals surface area contributed by atoms with Gasteiger partial charge in [-0.3, -0.25) is 0 Å². The van der Waals surface area contributed by atoms with Crippen LogP contribution in [0, 0.1) is 0 Å². The largest absolute Gasteiger partial charge is 0.496 e. The van der Waals surface area contributed by atoms with Crippen LogP contribution < -0.4 is 0 Å². The molecule has 0 heterocycles. The molecular formula is C20H19F3O. The lowest BCUT2D eigenvalue weighted by atomic mass is 9.97. The van der Waals surface area contributed by atoms with E-state index in [0.29, 0.717) is 16.9 Å². The summed E-state index contributed by atoms with van der Waals surface area (Å²) in [5, 5.41) is 0. The van der Waals surface area contributed by atoms with Crippen molar-refractivity contribution in [1.29, 1.82) is 0 Å². The van der Waals surface area contributed by atoms with E-state index in [1.807, 2.05) is 24.3 Å².